The van der Waals surface area contributed by atoms with E-state index in [0.29, 0.717) is 11.7 Å². The smallest absolute Gasteiger partial charge is 0.358 e. The lowest BCUT2D eigenvalue weighted by Gasteiger charge is -2.04. The molecule has 7 heteroatoms. The van der Waals surface area contributed by atoms with Crippen LogP contribution in [-0.2, 0) is 6.54 Å². The Morgan fingerprint density at radius 3 is 2.85 bits per heavy atom. The number of nitrogens with zero attached hydrogens (tertiary/aromatic N) is 4. The van der Waals surface area contributed by atoms with E-state index in [2.05, 4.69) is 10.1 Å². The predicted molar refractivity (Wildman–Crippen MR) is 74.7 cm³/mol. The van der Waals surface area contributed by atoms with E-state index in [0.717, 1.165) is 16.5 Å². The molecule has 2 aromatic heterocycles. The fraction of sp³-hybridized carbons (Fsp3) is 0.0769. The Balaban J connectivity index is 1.97. The topological polar surface area (TPSA) is 73.8 Å². The second-order valence-electron chi connectivity index (χ2n) is 4.26. The maximum Gasteiger partial charge on any atom is 0.389 e. The third-order valence-corrected chi connectivity index (χ3v) is 3.22. The average Bonchev–Trinajstić information content (AvgIpc) is 2.88. The SMILES string of the molecule is O=[N+]([O-])c1ccn(Cc2cc3ccccc3nc2Cl)n1. The van der Waals surface area contributed by atoms with Gasteiger partial charge < -0.3 is 10.1 Å². The van der Waals surface area contributed by atoms with Crippen LogP contribution in [0.4, 0.5) is 5.82 Å². The Morgan fingerprint density at radius 2 is 2.10 bits per heavy atom. The molecular weight excluding hydrogens is 280 g/mol. The number of halogens is 1. The van der Waals surface area contributed by atoms with Crippen molar-refractivity contribution in [1.82, 2.24) is 14.8 Å². The molecule has 0 N–H and O–H groups in total. The largest absolute Gasteiger partial charge is 0.389 e. The summed E-state index contributed by atoms with van der Waals surface area (Å²) in [5.41, 5.74) is 1.58. The monoisotopic (exact) mass is 288 g/mol. The first kappa shape index (κ1) is 12.6. The Bertz CT molecular complexity index is 800. The Hall–Kier alpha value is -2.47. The van der Waals surface area contributed by atoms with Crippen LogP contribution < -0.4 is 0 Å². The van der Waals surface area contributed by atoms with Gasteiger partial charge in [0.2, 0.25) is 0 Å². The van der Waals surface area contributed by atoms with Gasteiger partial charge in [0.1, 0.15) is 5.15 Å². The Labute approximate surface area is 118 Å². The van der Waals surface area contributed by atoms with Gasteiger partial charge in [0.15, 0.2) is 0 Å². The Kier molecular flexibility index (Phi) is 3.08. The highest BCUT2D eigenvalue weighted by Gasteiger charge is 2.13. The molecule has 0 bridgehead atoms. The van der Waals surface area contributed by atoms with E-state index in [-0.39, 0.29) is 5.82 Å². The molecule has 1 aromatic carbocycles. The van der Waals surface area contributed by atoms with Gasteiger partial charge in [-0.05, 0) is 17.1 Å². The minimum Gasteiger partial charge on any atom is -0.358 e. The molecule has 0 radical (unpaired) electrons. The van der Waals surface area contributed by atoms with E-state index in [1.807, 2.05) is 30.3 Å². The van der Waals surface area contributed by atoms with Crippen LogP contribution in [-0.4, -0.2) is 19.7 Å². The van der Waals surface area contributed by atoms with Crippen molar-refractivity contribution >= 4 is 28.3 Å². The number of fused-ring (bicyclic) bond motifs is 1. The van der Waals surface area contributed by atoms with Gasteiger partial charge in [-0.25, -0.2) is 4.98 Å². The number of hydrogen-bond acceptors (Lipinski definition) is 4. The molecule has 0 saturated heterocycles. The summed E-state index contributed by atoms with van der Waals surface area (Å²) in [7, 11) is 0. The van der Waals surface area contributed by atoms with Crippen molar-refractivity contribution in [2.24, 2.45) is 0 Å². The van der Waals surface area contributed by atoms with Crippen molar-refractivity contribution in [2.75, 3.05) is 0 Å². The number of rotatable bonds is 3. The standard InChI is InChI=1S/C13H9ClN4O2/c14-13-10(7-9-3-1-2-4-11(9)15-13)8-17-6-5-12(16-17)18(19)20/h1-7H,8H2. The summed E-state index contributed by atoms with van der Waals surface area (Å²) in [6.45, 7) is 0.338. The molecule has 0 fully saturated rings. The number of aromatic nitrogens is 3. The number of benzene rings is 1. The van der Waals surface area contributed by atoms with Crippen LogP contribution in [0.2, 0.25) is 5.15 Å². The van der Waals surface area contributed by atoms with Crippen LogP contribution in [0.1, 0.15) is 5.56 Å². The fourth-order valence-electron chi connectivity index (χ4n) is 1.96. The third kappa shape index (κ3) is 2.33. The van der Waals surface area contributed by atoms with Crippen LogP contribution >= 0.6 is 11.6 Å². The molecule has 6 nitrogen and oxygen atoms in total. The van der Waals surface area contributed by atoms with Crippen molar-refractivity contribution in [2.45, 2.75) is 6.54 Å². The number of pyridine rings is 1. The lowest BCUT2D eigenvalue weighted by Crippen LogP contribution is -2.03. The van der Waals surface area contributed by atoms with Crippen LogP contribution in [0.15, 0.2) is 42.6 Å². The highest BCUT2D eigenvalue weighted by molar-refractivity contribution is 6.30. The summed E-state index contributed by atoms with van der Waals surface area (Å²) in [4.78, 5) is 14.4. The van der Waals surface area contributed by atoms with Crippen LogP contribution in [0, 0.1) is 10.1 Å². The molecule has 0 amide bonds. The highest BCUT2D eigenvalue weighted by atomic mass is 35.5. The van der Waals surface area contributed by atoms with Crippen molar-refractivity contribution in [3.8, 4) is 0 Å². The minimum atomic E-state index is -0.531. The molecule has 100 valence electrons. The molecule has 0 saturated carbocycles. The summed E-state index contributed by atoms with van der Waals surface area (Å²) in [5, 5.41) is 15.8. The molecule has 0 aliphatic rings. The van der Waals surface area contributed by atoms with Gasteiger partial charge >= 0.3 is 5.82 Å². The van der Waals surface area contributed by atoms with E-state index in [9.17, 15) is 10.1 Å². The lowest BCUT2D eigenvalue weighted by atomic mass is 10.1. The van der Waals surface area contributed by atoms with Crippen LogP contribution in [0.25, 0.3) is 10.9 Å². The first-order valence-corrected chi connectivity index (χ1v) is 6.23. The molecule has 0 atom stereocenters. The highest BCUT2D eigenvalue weighted by Crippen LogP contribution is 2.21. The zero-order valence-corrected chi connectivity index (χ0v) is 11.0. The maximum atomic E-state index is 10.6. The first-order chi connectivity index (χ1) is 9.63. The van der Waals surface area contributed by atoms with Gasteiger partial charge in [0.05, 0.1) is 29.4 Å². The van der Waals surface area contributed by atoms with Gasteiger partial charge in [0, 0.05) is 10.9 Å². The van der Waals surface area contributed by atoms with Gasteiger partial charge in [-0.3, -0.25) is 0 Å². The molecular formula is C13H9ClN4O2. The van der Waals surface area contributed by atoms with Crippen molar-refractivity contribution in [3.05, 3.63) is 63.4 Å². The molecule has 0 unspecified atom stereocenters. The molecule has 3 aromatic rings. The quantitative estimate of drug-likeness (QED) is 0.422. The molecule has 0 spiro atoms. The van der Waals surface area contributed by atoms with Crippen LogP contribution in [0.5, 0.6) is 0 Å². The molecule has 2 heterocycles. The summed E-state index contributed by atoms with van der Waals surface area (Å²) < 4.78 is 1.47. The predicted octanol–water partition coefficient (Wildman–Crippen LogP) is 3.04. The van der Waals surface area contributed by atoms with E-state index >= 15 is 0 Å². The third-order valence-electron chi connectivity index (χ3n) is 2.90. The van der Waals surface area contributed by atoms with Gasteiger partial charge in [0.25, 0.3) is 0 Å². The zero-order chi connectivity index (χ0) is 14.1. The summed E-state index contributed by atoms with van der Waals surface area (Å²) in [6.07, 6.45) is 1.55. The van der Waals surface area contributed by atoms with E-state index in [1.54, 1.807) is 6.20 Å². The van der Waals surface area contributed by atoms with E-state index in [4.69, 9.17) is 11.6 Å². The summed E-state index contributed by atoms with van der Waals surface area (Å²) in [6, 6.07) is 10.9. The summed E-state index contributed by atoms with van der Waals surface area (Å²) in [5.74, 6) is -0.185. The van der Waals surface area contributed by atoms with Gasteiger partial charge in [-0.2, -0.15) is 4.68 Å². The second kappa shape index (κ2) is 4.90. The number of para-hydroxylation sites is 1. The minimum absolute atomic E-state index is 0.185. The van der Waals surface area contributed by atoms with Crippen molar-refractivity contribution in [3.63, 3.8) is 0 Å². The van der Waals surface area contributed by atoms with Crippen LogP contribution in [0.3, 0.4) is 0 Å². The summed E-state index contributed by atoms with van der Waals surface area (Å²) >= 11 is 6.14. The average molecular weight is 289 g/mol. The van der Waals surface area contributed by atoms with Crippen molar-refractivity contribution < 1.29 is 4.92 Å². The lowest BCUT2D eigenvalue weighted by molar-refractivity contribution is -0.389. The zero-order valence-electron chi connectivity index (χ0n) is 10.2. The molecule has 20 heavy (non-hydrogen) atoms. The first-order valence-electron chi connectivity index (χ1n) is 5.85. The number of nitro groups is 1. The second-order valence-corrected chi connectivity index (χ2v) is 4.62. The molecule has 3 rings (SSSR count). The van der Waals surface area contributed by atoms with Crippen molar-refractivity contribution in [1.29, 1.82) is 0 Å². The van der Waals surface area contributed by atoms with E-state index < -0.39 is 4.92 Å². The fourth-order valence-corrected chi connectivity index (χ4v) is 2.16. The molecule has 0 aliphatic heterocycles. The van der Waals surface area contributed by atoms with E-state index in [1.165, 1.54) is 10.7 Å². The Morgan fingerprint density at radius 1 is 1.30 bits per heavy atom. The maximum absolute atomic E-state index is 10.6. The normalized spacial score (nSPS) is 10.8. The number of hydrogen-bond donors (Lipinski definition) is 0. The van der Waals surface area contributed by atoms with Gasteiger partial charge in [-0.1, -0.05) is 29.8 Å². The van der Waals surface area contributed by atoms with Gasteiger partial charge in [-0.15, -0.1) is 0 Å². The molecule has 0 aliphatic carbocycles.